The molecule has 4 heteroatoms. The summed E-state index contributed by atoms with van der Waals surface area (Å²) in [5.74, 6) is 0. The largest absolute Gasteiger partial charge is 0.509 e. The number of carbonyl (C=O) groups excluding carboxylic acids is 1. The van der Waals surface area contributed by atoms with E-state index >= 15 is 0 Å². The van der Waals surface area contributed by atoms with Gasteiger partial charge < -0.3 is 14.8 Å². The Bertz CT molecular complexity index is 321. The molecule has 3 unspecified atom stereocenters. The minimum Gasteiger partial charge on any atom is -0.425 e. The van der Waals surface area contributed by atoms with Gasteiger partial charge in [0, 0.05) is 6.04 Å². The van der Waals surface area contributed by atoms with Gasteiger partial charge in [-0.25, -0.2) is 4.79 Å². The third kappa shape index (κ3) is 0.629. The minimum absolute atomic E-state index is 0.0180. The molecule has 4 nitrogen and oxygen atoms in total. The average molecular weight is 195 g/mol. The topological polar surface area (TPSA) is 47.6 Å². The highest BCUT2D eigenvalue weighted by molar-refractivity contribution is 5.64. The Labute approximate surface area is 81.9 Å². The van der Waals surface area contributed by atoms with Gasteiger partial charge in [-0.3, -0.25) is 0 Å². The number of fused-ring (bicyclic) bond motifs is 1. The third-order valence-electron chi connectivity index (χ3n) is 4.37. The van der Waals surface area contributed by atoms with Crippen molar-refractivity contribution in [2.75, 3.05) is 0 Å². The van der Waals surface area contributed by atoms with Crippen LogP contribution in [0.25, 0.3) is 0 Å². The van der Waals surface area contributed by atoms with Crippen LogP contribution in [-0.4, -0.2) is 29.9 Å². The van der Waals surface area contributed by atoms with Gasteiger partial charge in [0.15, 0.2) is 12.2 Å². The van der Waals surface area contributed by atoms with E-state index < -0.39 is 6.16 Å². The first kappa shape index (κ1) is 7.51. The fourth-order valence-corrected chi connectivity index (χ4v) is 4.24. The van der Waals surface area contributed by atoms with E-state index in [1.807, 2.05) is 0 Å². The summed E-state index contributed by atoms with van der Waals surface area (Å²) < 4.78 is 10.5. The van der Waals surface area contributed by atoms with Crippen molar-refractivity contribution in [3.05, 3.63) is 0 Å². The number of carbonyl (C=O) groups is 1. The molecule has 1 spiro atoms. The molecule has 3 atom stereocenters. The van der Waals surface area contributed by atoms with Crippen molar-refractivity contribution in [2.24, 2.45) is 5.41 Å². The highest BCUT2D eigenvalue weighted by atomic mass is 16.8. The Morgan fingerprint density at radius 1 is 1.43 bits per heavy atom. The summed E-state index contributed by atoms with van der Waals surface area (Å²) in [6.45, 7) is 2.32. The third-order valence-corrected chi connectivity index (χ3v) is 4.37. The summed E-state index contributed by atoms with van der Waals surface area (Å²) in [5, 5.41) is 3.58. The Kier molecular flexibility index (Phi) is 0.969. The van der Waals surface area contributed by atoms with Crippen LogP contribution in [-0.2, 0) is 9.47 Å². The predicted octanol–water partition coefficient (Wildman–Crippen LogP) is 0.805. The Hall–Kier alpha value is -0.770. The molecule has 4 heterocycles. The van der Waals surface area contributed by atoms with Crippen molar-refractivity contribution in [3.8, 4) is 0 Å². The molecule has 0 aromatic carbocycles. The van der Waals surface area contributed by atoms with Gasteiger partial charge in [-0.2, -0.15) is 0 Å². The van der Waals surface area contributed by atoms with Crippen LogP contribution in [0.2, 0.25) is 0 Å². The van der Waals surface area contributed by atoms with Crippen LogP contribution in [0.5, 0.6) is 0 Å². The molecule has 5 rings (SSSR count). The first-order chi connectivity index (χ1) is 6.60. The van der Waals surface area contributed by atoms with E-state index in [1.165, 1.54) is 0 Å². The monoisotopic (exact) mass is 195 g/mol. The number of piperidine rings is 2. The van der Waals surface area contributed by atoms with E-state index in [0.29, 0.717) is 11.5 Å². The van der Waals surface area contributed by atoms with Crippen LogP contribution in [0.1, 0.15) is 26.2 Å². The van der Waals surface area contributed by atoms with Gasteiger partial charge in [-0.05, 0) is 24.7 Å². The number of nitrogens with one attached hydrogen (secondary N) is 1. The van der Waals surface area contributed by atoms with Crippen LogP contribution in [0.15, 0.2) is 0 Å². The van der Waals surface area contributed by atoms with Crippen LogP contribution in [0.3, 0.4) is 0 Å². The summed E-state index contributed by atoms with van der Waals surface area (Å²) in [5.41, 5.74) is 0.532. The second-order valence-electron chi connectivity index (χ2n) is 5.65. The lowest BCUT2D eigenvalue weighted by Crippen LogP contribution is -2.67. The Balaban J connectivity index is 1.77. The maximum atomic E-state index is 11.1. The lowest BCUT2D eigenvalue weighted by atomic mass is 9.54. The second-order valence-corrected chi connectivity index (χ2v) is 5.65. The molecule has 1 saturated carbocycles. The summed E-state index contributed by atoms with van der Waals surface area (Å²) in [7, 11) is 0. The molecule has 5 aliphatic rings. The molecule has 76 valence electrons. The molecule has 0 radical (unpaired) electrons. The van der Waals surface area contributed by atoms with E-state index in [9.17, 15) is 4.79 Å². The van der Waals surface area contributed by atoms with Crippen molar-refractivity contribution >= 4 is 6.16 Å². The van der Waals surface area contributed by atoms with Gasteiger partial charge in [0.1, 0.15) is 0 Å². The Morgan fingerprint density at radius 2 is 2.21 bits per heavy atom. The summed E-state index contributed by atoms with van der Waals surface area (Å²) in [6.07, 6.45) is 2.87. The maximum Gasteiger partial charge on any atom is 0.509 e. The fourth-order valence-electron chi connectivity index (χ4n) is 4.24. The number of ether oxygens (including phenoxy) is 2. The van der Waals surface area contributed by atoms with E-state index in [4.69, 9.17) is 9.47 Å². The number of hydrogen-bond acceptors (Lipinski definition) is 4. The van der Waals surface area contributed by atoms with Gasteiger partial charge >= 0.3 is 6.16 Å². The van der Waals surface area contributed by atoms with Crippen molar-refractivity contribution < 1.29 is 14.3 Å². The van der Waals surface area contributed by atoms with Crippen LogP contribution >= 0.6 is 0 Å². The summed E-state index contributed by atoms with van der Waals surface area (Å²) in [4.78, 5) is 11.1. The molecule has 5 fully saturated rings. The van der Waals surface area contributed by atoms with Crippen molar-refractivity contribution in [1.29, 1.82) is 0 Å². The van der Waals surface area contributed by atoms with E-state index in [0.717, 1.165) is 19.3 Å². The first-order valence-corrected chi connectivity index (χ1v) is 5.25. The zero-order valence-corrected chi connectivity index (χ0v) is 8.08. The molecule has 1 N–H and O–H groups in total. The van der Waals surface area contributed by atoms with Gasteiger partial charge in [0.05, 0.1) is 5.54 Å². The SMILES string of the molecule is CC12CC3NC(C1)(C2)C1OC(=O)OC31. The lowest BCUT2D eigenvalue weighted by molar-refractivity contribution is -0.0697. The molecule has 0 aromatic heterocycles. The first-order valence-electron chi connectivity index (χ1n) is 5.25. The molecule has 4 saturated heterocycles. The fraction of sp³-hybridized carbons (Fsp3) is 0.900. The minimum atomic E-state index is -0.471. The van der Waals surface area contributed by atoms with E-state index in [2.05, 4.69) is 12.2 Å². The van der Waals surface area contributed by atoms with Gasteiger partial charge in [0.2, 0.25) is 0 Å². The molecular formula is C10H13NO3. The van der Waals surface area contributed by atoms with Gasteiger partial charge in [-0.1, -0.05) is 6.92 Å². The van der Waals surface area contributed by atoms with Gasteiger partial charge in [0.25, 0.3) is 0 Å². The zero-order valence-electron chi connectivity index (χ0n) is 8.08. The van der Waals surface area contributed by atoms with Crippen LogP contribution in [0.4, 0.5) is 4.79 Å². The van der Waals surface area contributed by atoms with Gasteiger partial charge in [-0.15, -0.1) is 0 Å². The maximum absolute atomic E-state index is 11.1. The lowest BCUT2D eigenvalue weighted by Gasteiger charge is -2.58. The normalized spacial score (nSPS) is 62.6. The van der Waals surface area contributed by atoms with E-state index in [1.54, 1.807) is 0 Å². The molecule has 0 amide bonds. The summed E-state index contributed by atoms with van der Waals surface area (Å²) >= 11 is 0. The molecule has 1 aliphatic carbocycles. The van der Waals surface area contributed by atoms with E-state index in [-0.39, 0.29) is 17.7 Å². The molecule has 3 bridgehead atoms. The zero-order chi connectivity index (χ0) is 9.55. The number of rotatable bonds is 0. The predicted molar refractivity (Wildman–Crippen MR) is 46.8 cm³/mol. The van der Waals surface area contributed by atoms with Crippen LogP contribution < -0.4 is 5.32 Å². The molecule has 4 aliphatic heterocycles. The smallest absolute Gasteiger partial charge is 0.425 e. The number of hydrogen-bond donors (Lipinski definition) is 1. The average Bonchev–Trinajstić information content (AvgIpc) is 2.50. The second kappa shape index (κ2) is 1.81. The summed E-state index contributed by atoms with van der Waals surface area (Å²) in [6, 6.07) is 0.332. The standard InChI is InChI=1S/C10H13NO3/c1-9-2-5-6-7(14-8(12)13-6)10(3-9,4-9)11-5/h5-7,11H,2-4H2,1H3. The van der Waals surface area contributed by atoms with Crippen molar-refractivity contribution in [1.82, 2.24) is 5.32 Å². The molecule has 14 heavy (non-hydrogen) atoms. The molecular weight excluding hydrogens is 182 g/mol. The van der Waals surface area contributed by atoms with Crippen molar-refractivity contribution in [2.45, 2.75) is 50.0 Å². The highest BCUT2D eigenvalue weighted by Gasteiger charge is 2.72. The highest BCUT2D eigenvalue weighted by Crippen LogP contribution is 2.62. The molecule has 0 aromatic rings. The quantitative estimate of drug-likeness (QED) is 0.581. The van der Waals surface area contributed by atoms with Crippen LogP contribution in [0, 0.1) is 5.41 Å². The van der Waals surface area contributed by atoms with Crippen molar-refractivity contribution in [3.63, 3.8) is 0 Å². The Morgan fingerprint density at radius 3 is 3.00 bits per heavy atom.